The van der Waals surface area contributed by atoms with Gasteiger partial charge >= 0.3 is 5.97 Å². The fourth-order valence-corrected chi connectivity index (χ4v) is 4.76. The Labute approximate surface area is 191 Å². The molecule has 0 saturated carbocycles. The Hall–Kier alpha value is -3.48. The van der Waals surface area contributed by atoms with E-state index in [1.54, 1.807) is 11.4 Å². The van der Waals surface area contributed by atoms with Gasteiger partial charge in [-0.3, -0.25) is 19.6 Å². The monoisotopic (exact) mass is 495 g/mol. The Kier molecular flexibility index (Phi) is 7.08. The molecule has 3 aromatic rings. The molecule has 0 aliphatic carbocycles. The van der Waals surface area contributed by atoms with Gasteiger partial charge in [-0.05, 0) is 35.7 Å². The molecule has 1 aromatic heterocycles. The van der Waals surface area contributed by atoms with Gasteiger partial charge in [0.2, 0.25) is 0 Å². The van der Waals surface area contributed by atoms with Crippen LogP contribution >= 0.6 is 22.9 Å². The second-order valence-electron chi connectivity index (χ2n) is 6.13. The number of carbonyl (C=O) groups excluding carboxylic acids is 2. The Morgan fingerprint density at radius 1 is 1.12 bits per heavy atom. The molecule has 0 unspecified atom stereocenters. The molecule has 0 atom stereocenters. The molecule has 1 heterocycles. The first kappa shape index (κ1) is 23.2. The van der Waals surface area contributed by atoms with Gasteiger partial charge in [0.15, 0.2) is 6.61 Å². The number of rotatable bonds is 8. The normalized spacial score (nSPS) is 10.9. The number of nitrogens with zero attached hydrogens (tertiary/aromatic N) is 1. The van der Waals surface area contributed by atoms with Crippen LogP contribution in [0.3, 0.4) is 0 Å². The SMILES string of the molecule is O=C(COC(=O)c1ccccc1NS(=O)(=O)c1cccs1)Nc1ccc(Cl)c([N+](=O)[O-])c1. The van der Waals surface area contributed by atoms with Crippen LogP contribution in [-0.4, -0.2) is 31.8 Å². The largest absolute Gasteiger partial charge is 0.452 e. The van der Waals surface area contributed by atoms with Crippen molar-refractivity contribution in [2.24, 2.45) is 0 Å². The highest BCUT2D eigenvalue weighted by atomic mass is 35.5. The van der Waals surface area contributed by atoms with Crippen molar-refractivity contribution in [3.8, 4) is 0 Å². The highest BCUT2D eigenvalue weighted by molar-refractivity contribution is 7.94. The van der Waals surface area contributed by atoms with Crippen LogP contribution in [0.1, 0.15) is 10.4 Å². The first-order chi connectivity index (χ1) is 15.2. The molecule has 32 heavy (non-hydrogen) atoms. The van der Waals surface area contributed by atoms with Gasteiger partial charge in [-0.2, -0.15) is 0 Å². The number of nitro groups is 1. The summed E-state index contributed by atoms with van der Waals surface area (Å²) in [6, 6.07) is 12.4. The van der Waals surface area contributed by atoms with Gasteiger partial charge in [0.05, 0.1) is 16.2 Å². The lowest BCUT2D eigenvalue weighted by molar-refractivity contribution is -0.384. The van der Waals surface area contributed by atoms with E-state index < -0.39 is 39.1 Å². The molecule has 10 nitrogen and oxygen atoms in total. The summed E-state index contributed by atoms with van der Waals surface area (Å²) in [5.41, 5.74) is -0.415. The van der Waals surface area contributed by atoms with Crippen molar-refractivity contribution in [2.75, 3.05) is 16.6 Å². The van der Waals surface area contributed by atoms with Crippen molar-refractivity contribution < 1.29 is 27.7 Å². The van der Waals surface area contributed by atoms with E-state index in [1.165, 1.54) is 42.5 Å². The van der Waals surface area contributed by atoms with Crippen LogP contribution in [0.5, 0.6) is 0 Å². The van der Waals surface area contributed by atoms with E-state index in [1.807, 2.05) is 0 Å². The number of hydrogen-bond acceptors (Lipinski definition) is 8. The highest BCUT2D eigenvalue weighted by Crippen LogP contribution is 2.27. The summed E-state index contributed by atoms with van der Waals surface area (Å²) in [5.74, 6) is -1.70. The standard InChI is InChI=1S/C19H14ClN3O7S2/c20-14-8-7-12(10-16(14)23(26)27)21-17(24)11-30-19(25)13-4-1-2-5-15(13)22-32(28,29)18-6-3-9-31-18/h1-10,22H,11H2,(H,21,24). The Morgan fingerprint density at radius 3 is 2.56 bits per heavy atom. The molecular formula is C19H14ClN3O7S2. The first-order valence-electron chi connectivity index (χ1n) is 8.73. The van der Waals surface area contributed by atoms with Gasteiger partial charge in [0, 0.05) is 11.8 Å². The predicted octanol–water partition coefficient (Wildman–Crippen LogP) is 3.91. The smallest absolute Gasteiger partial charge is 0.340 e. The average molecular weight is 496 g/mol. The molecular weight excluding hydrogens is 482 g/mol. The van der Waals surface area contributed by atoms with E-state index >= 15 is 0 Å². The highest BCUT2D eigenvalue weighted by Gasteiger charge is 2.21. The predicted molar refractivity (Wildman–Crippen MR) is 119 cm³/mol. The van der Waals surface area contributed by atoms with E-state index in [2.05, 4.69) is 10.0 Å². The molecule has 0 aliphatic rings. The Morgan fingerprint density at radius 2 is 1.88 bits per heavy atom. The summed E-state index contributed by atoms with van der Waals surface area (Å²) >= 11 is 6.73. The van der Waals surface area contributed by atoms with Crippen LogP contribution in [0.15, 0.2) is 64.2 Å². The lowest BCUT2D eigenvalue weighted by atomic mass is 10.2. The van der Waals surface area contributed by atoms with Gasteiger partial charge < -0.3 is 10.1 Å². The number of halogens is 1. The van der Waals surface area contributed by atoms with E-state index in [0.717, 1.165) is 17.4 Å². The maximum atomic E-state index is 12.4. The molecule has 166 valence electrons. The second-order valence-corrected chi connectivity index (χ2v) is 9.39. The number of sulfonamides is 1. The maximum absolute atomic E-state index is 12.4. The molecule has 0 fully saturated rings. The van der Waals surface area contributed by atoms with E-state index in [4.69, 9.17) is 16.3 Å². The number of hydrogen-bond donors (Lipinski definition) is 2. The third-order valence-corrected chi connectivity index (χ3v) is 6.99. The first-order valence-corrected chi connectivity index (χ1v) is 11.5. The summed E-state index contributed by atoms with van der Waals surface area (Å²) in [6.45, 7) is -0.707. The lowest BCUT2D eigenvalue weighted by Gasteiger charge is -2.11. The van der Waals surface area contributed by atoms with Crippen LogP contribution in [0.4, 0.5) is 17.1 Å². The molecule has 13 heteroatoms. The van der Waals surface area contributed by atoms with Gasteiger partial charge in [-0.25, -0.2) is 13.2 Å². The molecule has 2 N–H and O–H groups in total. The van der Waals surface area contributed by atoms with E-state index in [0.29, 0.717) is 0 Å². The van der Waals surface area contributed by atoms with Gasteiger partial charge in [-0.15, -0.1) is 11.3 Å². The zero-order valence-corrected chi connectivity index (χ0v) is 18.4. The van der Waals surface area contributed by atoms with Gasteiger partial charge in [0.1, 0.15) is 9.23 Å². The van der Waals surface area contributed by atoms with Crippen molar-refractivity contribution in [1.29, 1.82) is 0 Å². The van der Waals surface area contributed by atoms with Crippen molar-refractivity contribution >= 4 is 61.9 Å². The zero-order valence-electron chi connectivity index (χ0n) is 16.0. The number of anilines is 2. The molecule has 0 spiro atoms. The van der Waals surface area contributed by atoms with Gasteiger partial charge in [0.25, 0.3) is 21.6 Å². The summed E-state index contributed by atoms with van der Waals surface area (Å²) in [5, 5.41) is 14.8. The van der Waals surface area contributed by atoms with Crippen LogP contribution in [0.2, 0.25) is 5.02 Å². The molecule has 0 saturated heterocycles. The average Bonchev–Trinajstić information content (AvgIpc) is 3.29. The summed E-state index contributed by atoms with van der Waals surface area (Å²) in [4.78, 5) is 34.8. The van der Waals surface area contributed by atoms with E-state index in [9.17, 15) is 28.1 Å². The fourth-order valence-electron chi connectivity index (χ4n) is 2.50. The minimum Gasteiger partial charge on any atom is -0.452 e. The number of carbonyl (C=O) groups is 2. The number of esters is 1. The molecule has 0 radical (unpaired) electrons. The number of benzene rings is 2. The minimum atomic E-state index is -3.90. The molecule has 1 amide bonds. The topological polar surface area (TPSA) is 145 Å². The number of amides is 1. The van der Waals surface area contributed by atoms with Crippen molar-refractivity contribution in [3.05, 3.63) is 80.7 Å². The third-order valence-electron chi connectivity index (χ3n) is 3.91. The number of thiophene rings is 1. The quantitative estimate of drug-likeness (QED) is 0.274. The molecule has 3 rings (SSSR count). The number of para-hydroxylation sites is 1. The van der Waals surface area contributed by atoms with Crippen molar-refractivity contribution in [2.45, 2.75) is 4.21 Å². The van der Waals surface area contributed by atoms with Gasteiger partial charge in [-0.1, -0.05) is 29.8 Å². The molecule has 0 aliphatic heterocycles. The zero-order chi connectivity index (χ0) is 23.3. The van der Waals surface area contributed by atoms with Crippen molar-refractivity contribution in [3.63, 3.8) is 0 Å². The fraction of sp³-hybridized carbons (Fsp3) is 0.0526. The minimum absolute atomic E-state index is 0.0142. The number of nitro benzene ring substituents is 1. The number of ether oxygens (including phenoxy) is 1. The van der Waals surface area contributed by atoms with Crippen LogP contribution < -0.4 is 10.0 Å². The molecule has 2 aromatic carbocycles. The van der Waals surface area contributed by atoms with Crippen LogP contribution in [-0.2, 0) is 19.6 Å². The number of nitrogens with one attached hydrogen (secondary N) is 2. The lowest BCUT2D eigenvalue weighted by Crippen LogP contribution is -2.22. The van der Waals surface area contributed by atoms with Crippen LogP contribution in [0.25, 0.3) is 0 Å². The maximum Gasteiger partial charge on any atom is 0.340 e. The Bertz CT molecular complexity index is 1280. The third kappa shape index (κ3) is 5.60. The second kappa shape index (κ2) is 9.77. The summed E-state index contributed by atoms with van der Waals surface area (Å²) < 4.78 is 32.2. The van der Waals surface area contributed by atoms with E-state index in [-0.39, 0.29) is 26.2 Å². The Balaban J connectivity index is 1.66. The van der Waals surface area contributed by atoms with Crippen molar-refractivity contribution in [1.82, 2.24) is 0 Å². The summed E-state index contributed by atoms with van der Waals surface area (Å²) in [6.07, 6.45) is 0. The summed E-state index contributed by atoms with van der Waals surface area (Å²) in [7, 11) is -3.90. The van der Waals surface area contributed by atoms with Crippen LogP contribution in [0, 0.1) is 10.1 Å². The molecule has 0 bridgehead atoms.